The summed E-state index contributed by atoms with van der Waals surface area (Å²) in [5.74, 6) is -1.05. The predicted molar refractivity (Wildman–Crippen MR) is 68.5 cm³/mol. The van der Waals surface area contributed by atoms with Crippen molar-refractivity contribution in [3.63, 3.8) is 0 Å². The molecule has 1 unspecified atom stereocenters. The van der Waals surface area contributed by atoms with Gasteiger partial charge >= 0.3 is 0 Å². The van der Waals surface area contributed by atoms with Crippen molar-refractivity contribution in [2.45, 2.75) is 39.3 Å². The van der Waals surface area contributed by atoms with E-state index in [1.165, 1.54) is 18.2 Å². The van der Waals surface area contributed by atoms with Crippen LogP contribution in [-0.2, 0) is 4.74 Å². The van der Waals surface area contributed by atoms with Crippen LogP contribution < -0.4 is 5.32 Å². The average Bonchev–Trinajstić information content (AvgIpc) is 2.26. The molecule has 1 aromatic rings. The summed E-state index contributed by atoms with van der Waals surface area (Å²) in [6.07, 6.45) is 0. The molecule has 4 heteroatoms. The second kappa shape index (κ2) is 6.25. The van der Waals surface area contributed by atoms with Crippen molar-refractivity contribution in [2.24, 2.45) is 0 Å². The fraction of sp³-hybridized carbons (Fsp3) is 0.571. The number of nitrogens with one attached hydrogen (secondary N) is 1. The zero-order valence-electron chi connectivity index (χ0n) is 11.4. The van der Waals surface area contributed by atoms with E-state index in [1.807, 2.05) is 20.8 Å². The molecule has 0 saturated heterocycles. The first kappa shape index (κ1) is 15.1. The molecule has 1 atom stereocenters. The van der Waals surface area contributed by atoms with E-state index < -0.39 is 17.7 Å². The molecular formula is C14H21F2NO. The lowest BCUT2D eigenvalue weighted by Gasteiger charge is -2.27. The first-order valence-corrected chi connectivity index (χ1v) is 6.18. The molecule has 0 bridgehead atoms. The molecule has 0 aliphatic heterocycles. The molecule has 1 rings (SSSR count). The minimum Gasteiger partial charge on any atom is -0.375 e. The third-order valence-electron chi connectivity index (χ3n) is 2.80. The maximum absolute atomic E-state index is 13.6. The quantitative estimate of drug-likeness (QED) is 0.843. The van der Waals surface area contributed by atoms with Gasteiger partial charge in [0, 0.05) is 24.8 Å². The van der Waals surface area contributed by atoms with Gasteiger partial charge in [-0.15, -0.1) is 0 Å². The molecule has 102 valence electrons. The summed E-state index contributed by atoms with van der Waals surface area (Å²) in [7, 11) is 0. The number of hydrogen-bond acceptors (Lipinski definition) is 2. The van der Waals surface area contributed by atoms with Crippen molar-refractivity contribution in [2.75, 3.05) is 13.2 Å². The molecule has 0 fully saturated rings. The molecular weight excluding hydrogens is 236 g/mol. The zero-order valence-corrected chi connectivity index (χ0v) is 11.4. The van der Waals surface area contributed by atoms with E-state index in [-0.39, 0.29) is 11.2 Å². The molecule has 0 aliphatic rings. The van der Waals surface area contributed by atoms with Gasteiger partial charge in [0.2, 0.25) is 0 Å². The Morgan fingerprint density at radius 3 is 2.33 bits per heavy atom. The summed E-state index contributed by atoms with van der Waals surface area (Å²) in [6, 6.07) is 3.51. The van der Waals surface area contributed by atoms with Crippen molar-refractivity contribution < 1.29 is 13.5 Å². The fourth-order valence-corrected chi connectivity index (χ4v) is 1.87. The van der Waals surface area contributed by atoms with Gasteiger partial charge in [0.25, 0.3) is 0 Å². The van der Waals surface area contributed by atoms with Crippen LogP contribution in [-0.4, -0.2) is 18.8 Å². The Bertz CT molecular complexity index is 373. The lowest BCUT2D eigenvalue weighted by molar-refractivity contribution is -0.0104. The van der Waals surface area contributed by atoms with Crippen molar-refractivity contribution in [3.8, 4) is 0 Å². The molecule has 0 radical (unpaired) electrons. The molecule has 18 heavy (non-hydrogen) atoms. The fourth-order valence-electron chi connectivity index (χ4n) is 1.87. The monoisotopic (exact) mass is 257 g/mol. The van der Waals surface area contributed by atoms with Crippen LogP contribution in [0.5, 0.6) is 0 Å². The smallest absolute Gasteiger partial charge is 0.130 e. The SMILES string of the molecule is CCOC(C)(C)CNC(C)c1c(F)cccc1F. The highest BCUT2D eigenvalue weighted by Gasteiger charge is 2.21. The van der Waals surface area contributed by atoms with Gasteiger partial charge in [-0.25, -0.2) is 8.78 Å². The number of benzene rings is 1. The van der Waals surface area contributed by atoms with Crippen LogP contribution in [0.3, 0.4) is 0 Å². The van der Waals surface area contributed by atoms with Gasteiger partial charge in [-0.2, -0.15) is 0 Å². The highest BCUT2D eigenvalue weighted by molar-refractivity contribution is 5.22. The molecule has 0 aromatic heterocycles. The molecule has 1 N–H and O–H groups in total. The Morgan fingerprint density at radius 2 is 1.83 bits per heavy atom. The number of halogens is 2. The van der Waals surface area contributed by atoms with Crippen LogP contribution in [0.2, 0.25) is 0 Å². The molecule has 0 aliphatic carbocycles. The summed E-state index contributed by atoms with van der Waals surface area (Å²) in [5, 5.41) is 3.10. The van der Waals surface area contributed by atoms with Crippen LogP contribution in [0.1, 0.15) is 39.3 Å². The molecule has 0 saturated carbocycles. The summed E-state index contributed by atoms with van der Waals surface area (Å²) in [6.45, 7) is 8.67. The largest absolute Gasteiger partial charge is 0.375 e. The highest BCUT2D eigenvalue weighted by Crippen LogP contribution is 2.21. The molecule has 0 amide bonds. The number of ether oxygens (including phenoxy) is 1. The number of rotatable bonds is 6. The first-order chi connectivity index (χ1) is 8.37. The van der Waals surface area contributed by atoms with E-state index >= 15 is 0 Å². The summed E-state index contributed by atoms with van der Waals surface area (Å²) in [5.41, 5.74) is -0.283. The highest BCUT2D eigenvalue weighted by atomic mass is 19.1. The van der Waals surface area contributed by atoms with Crippen molar-refractivity contribution in [1.29, 1.82) is 0 Å². The lowest BCUT2D eigenvalue weighted by atomic mass is 10.0. The standard InChI is InChI=1S/C14H21F2NO/c1-5-18-14(3,4)9-17-10(2)13-11(15)7-6-8-12(13)16/h6-8,10,17H,5,9H2,1-4H3. The maximum atomic E-state index is 13.6. The van der Waals surface area contributed by atoms with Crippen LogP contribution >= 0.6 is 0 Å². The Hall–Kier alpha value is -1.00. The van der Waals surface area contributed by atoms with Crippen molar-refractivity contribution >= 4 is 0 Å². The van der Waals surface area contributed by atoms with Crippen molar-refractivity contribution in [1.82, 2.24) is 5.32 Å². The third kappa shape index (κ3) is 4.03. The van der Waals surface area contributed by atoms with Gasteiger partial charge < -0.3 is 10.1 Å². The molecule has 0 spiro atoms. The summed E-state index contributed by atoms with van der Waals surface area (Å²) >= 11 is 0. The summed E-state index contributed by atoms with van der Waals surface area (Å²) < 4.78 is 32.6. The normalized spacial score (nSPS) is 13.7. The molecule has 1 aromatic carbocycles. The van der Waals surface area contributed by atoms with Gasteiger partial charge in [-0.05, 0) is 39.8 Å². The van der Waals surface area contributed by atoms with Gasteiger partial charge in [0.05, 0.1) is 5.60 Å². The second-order valence-corrected chi connectivity index (χ2v) is 4.93. The molecule has 2 nitrogen and oxygen atoms in total. The Balaban J connectivity index is 2.69. The van der Waals surface area contributed by atoms with Gasteiger partial charge in [0.15, 0.2) is 0 Å². The van der Waals surface area contributed by atoms with Gasteiger partial charge in [-0.3, -0.25) is 0 Å². The van der Waals surface area contributed by atoms with Crippen LogP contribution in [0.15, 0.2) is 18.2 Å². The minimum atomic E-state index is -0.524. The van der Waals surface area contributed by atoms with Crippen molar-refractivity contribution in [3.05, 3.63) is 35.4 Å². The van der Waals surface area contributed by atoms with Gasteiger partial charge in [0.1, 0.15) is 11.6 Å². The average molecular weight is 257 g/mol. The third-order valence-corrected chi connectivity index (χ3v) is 2.80. The lowest BCUT2D eigenvalue weighted by Crippen LogP contribution is -2.39. The van der Waals surface area contributed by atoms with E-state index in [9.17, 15) is 8.78 Å². The topological polar surface area (TPSA) is 21.3 Å². The van der Waals surface area contributed by atoms with Gasteiger partial charge in [-0.1, -0.05) is 6.07 Å². The maximum Gasteiger partial charge on any atom is 0.130 e. The first-order valence-electron chi connectivity index (χ1n) is 6.18. The van der Waals surface area contributed by atoms with E-state index in [0.717, 1.165) is 0 Å². The second-order valence-electron chi connectivity index (χ2n) is 4.93. The summed E-state index contributed by atoms with van der Waals surface area (Å²) in [4.78, 5) is 0. The van der Waals surface area contributed by atoms with Crippen LogP contribution in [0.25, 0.3) is 0 Å². The zero-order chi connectivity index (χ0) is 13.8. The van der Waals surface area contributed by atoms with Crippen LogP contribution in [0, 0.1) is 11.6 Å². The molecule has 0 heterocycles. The Morgan fingerprint density at radius 1 is 1.28 bits per heavy atom. The van der Waals surface area contributed by atoms with E-state index in [2.05, 4.69) is 5.32 Å². The Kier molecular flexibility index (Phi) is 5.23. The van der Waals surface area contributed by atoms with E-state index in [1.54, 1.807) is 6.92 Å². The van der Waals surface area contributed by atoms with E-state index in [4.69, 9.17) is 4.74 Å². The predicted octanol–water partition coefficient (Wildman–Crippen LogP) is 3.43. The van der Waals surface area contributed by atoms with Crippen LogP contribution in [0.4, 0.5) is 8.78 Å². The number of hydrogen-bond donors (Lipinski definition) is 1. The Labute approximate surface area is 107 Å². The van der Waals surface area contributed by atoms with E-state index in [0.29, 0.717) is 13.2 Å². The minimum absolute atomic E-state index is 0.0739.